The van der Waals surface area contributed by atoms with Crippen LogP contribution in [0.15, 0.2) is 24.3 Å². The van der Waals surface area contributed by atoms with Crippen LogP contribution in [0.5, 0.6) is 5.75 Å². The zero-order valence-electron chi connectivity index (χ0n) is 13.8. The van der Waals surface area contributed by atoms with Crippen LogP contribution in [0.25, 0.3) is 0 Å². The number of hydrogen-bond acceptors (Lipinski definition) is 3. The summed E-state index contributed by atoms with van der Waals surface area (Å²) in [5, 5.41) is 12.3. The molecule has 1 fully saturated rings. The van der Waals surface area contributed by atoms with E-state index in [1.807, 2.05) is 24.3 Å². The number of aliphatic carboxylic acids is 1. The lowest BCUT2D eigenvalue weighted by molar-refractivity contribution is -0.149. The van der Waals surface area contributed by atoms with Gasteiger partial charge in [-0.3, -0.25) is 4.79 Å². The number of hydrogen-bond donors (Lipinski definition) is 2. The summed E-state index contributed by atoms with van der Waals surface area (Å²) in [6.45, 7) is 2.12. The van der Waals surface area contributed by atoms with E-state index in [0.717, 1.165) is 24.2 Å². The van der Waals surface area contributed by atoms with Gasteiger partial charge in [-0.05, 0) is 55.7 Å². The molecule has 1 aromatic carbocycles. The van der Waals surface area contributed by atoms with Crippen molar-refractivity contribution < 1.29 is 19.4 Å². The number of ether oxygens (including phenoxy) is 1. The summed E-state index contributed by atoms with van der Waals surface area (Å²) in [4.78, 5) is 23.8. The first-order valence-electron chi connectivity index (χ1n) is 8.12. The Morgan fingerprint density at radius 2 is 1.87 bits per heavy atom. The third-order valence-corrected chi connectivity index (χ3v) is 4.72. The quantitative estimate of drug-likeness (QED) is 0.845. The number of methoxy groups -OCH3 is 1. The molecule has 2 N–H and O–H groups in total. The first kappa shape index (κ1) is 17.3. The van der Waals surface area contributed by atoms with Gasteiger partial charge in [0.15, 0.2) is 0 Å². The Kier molecular flexibility index (Phi) is 5.64. The van der Waals surface area contributed by atoms with Gasteiger partial charge in [-0.15, -0.1) is 0 Å². The Bertz CT molecular complexity index is 545. The van der Waals surface area contributed by atoms with E-state index in [9.17, 15) is 14.7 Å². The summed E-state index contributed by atoms with van der Waals surface area (Å²) in [5.74, 6) is 0.193. The molecule has 2 rings (SSSR count). The van der Waals surface area contributed by atoms with Gasteiger partial charge in [-0.1, -0.05) is 19.1 Å². The maximum atomic E-state index is 12.2. The minimum absolute atomic E-state index is 0.197. The van der Waals surface area contributed by atoms with Gasteiger partial charge in [0.25, 0.3) is 0 Å². The average Bonchev–Trinajstić information content (AvgIpc) is 2.55. The molecule has 0 unspecified atom stereocenters. The molecule has 0 saturated heterocycles. The van der Waals surface area contributed by atoms with Crippen molar-refractivity contribution in [2.75, 3.05) is 7.11 Å². The third kappa shape index (κ3) is 4.47. The fraction of sp³-hybridized carbons (Fsp3) is 0.556. The minimum atomic E-state index is -1.08. The highest BCUT2D eigenvalue weighted by atomic mass is 16.5. The number of nitrogens with one attached hydrogen (secondary N) is 1. The number of carboxylic acid groups (broad SMARTS) is 1. The summed E-state index contributed by atoms with van der Waals surface area (Å²) >= 11 is 0. The molecular weight excluding hydrogens is 294 g/mol. The maximum absolute atomic E-state index is 12.2. The number of carbonyl (C=O) groups is 2. The van der Waals surface area contributed by atoms with Gasteiger partial charge in [0.2, 0.25) is 5.91 Å². The second kappa shape index (κ2) is 7.49. The van der Waals surface area contributed by atoms with Crippen LogP contribution < -0.4 is 10.1 Å². The molecule has 0 heterocycles. The Hall–Kier alpha value is -2.04. The minimum Gasteiger partial charge on any atom is -0.497 e. The van der Waals surface area contributed by atoms with E-state index in [-0.39, 0.29) is 12.3 Å². The number of aryl methyl sites for hydroxylation is 1. The summed E-state index contributed by atoms with van der Waals surface area (Å²) in [5.41, 5.74) is -0.0497. The zero-order chi connectivity index (χ0) is 16.9. The zero-order valence-corrected chi connectivity index (χ0v) is 13.8. The summed E-state index contributed by atoms with van der Waals surface area (Å²) in [6, 6.07) is 7.55. The molecule has 126 valence electrons. The summed E-state index contributed by atoms with van der Waals surface area (Å²) < 4.78 is 5.10. The first-order valence-corrected chi connectivity index (χ1v) is 8.12. The van der Waals surface area contributed by atoms with E-state index in [2.05, 4.69) is 12.2 Å². The molecule has 1 amide bonds. The van der Waals surface area contributed by atoms with Gasteiger partial charge in [0.1, 0.15) is 11.3 Å². The van der Waals surface area contributed by atoms with E-state index >= 15 is 0 Å². The maximum Gasteiger partial charge on any atom is 0.329 e. The fourth-order valence-electron chi connectivity index (χ4n) is 3.03. The van der Waals surface area contributed by atoms with Crippen LogP contribution in [0.4, 0.5) is 0 Å². The standard InChI is InChI=1S/C18H25NO4/c1-13-9-11-18(12-10-13,17(21)22)19-16(20)8-5-14-3-6-15(23-2)7-4-14/h3-4,6-7,13H,5,8-12H2,1-2H3,(H,19,20)(H,21,22). The Morgan fingerprint density at radius 1 is 1.26 bits per heavy atom. The van der Waals surface area contributed by atoms with E-state index in [1.165, 1.54) is 0 Å². The van der Waals surface area contributed by atoms with Crippen molar-refractivity contribution in [3.05, 3.63) is 29.8 Å². The molecule has 0 spiro atoms. The lowest BCUT2D eigenvalue weighted by Crippen LogP contribution is -2.56. The van der Waals surface area contributed by atoms with Crippen molar-refractivity contribution in [2.45, 2.75) is 51.0 Å². The molecule has 0 bridgehead atoms. The highest BCUT2D eigenvalue weighted by Crippen LogP contribution is 2.32. The molecule has 1 saturated carbocycles. The topological polar surface area (TPSA) is 75.6 Å². The SMILES string of the molecule is COc1ccc(CCC(=O)NC2(C(=O)O)CCC(C)CC2)cc1. The Morgan fingerprint density at radius 3 is 2.39 bits per heavy atom. The van der Waals surface area contributed by atoms with Gasteiger partial charge in [-0.2, -0.15) is 0 Å². The molecule has 0 atom stereocenters. The highest BCUT2D eigenvalue weighted by molar-refractivity contribution is 5.87. The molecule has 1 aromatic rings. The molecule has 0 aliphatic heterocycles. The van der Waals surface area contributed by atoms with Gasteiger partial charge >= 0.3 is 5.97 Å². The summed E-state index contributed by atoms with van der Waals surface area (Å²) in [7, 11) is 1.61. The van der Waals surface area contributed by atoms with Crippen molar-refractivity contribution in [3.8, 4) is 5.75 Å². The first-order chi connectivity index (χ1) is 10.9. The number of rotatable bonds is 6. The van der Waals surface area contributed by atoms with Crippen LogP contribution in [-0.2, 0) is 16.0 Å². The van der Waals surface area contributed by atoms with Crippen molar-refractivity contribution >= 4 is 11.9 Å². The molecule has 0 aromatic heterocycles. The number of carbonyl (C=O) groups excluding carboxylic acids is 1. The predicted molar refractivity (Wildman–Crippen MR) is 87.5 cm³/mol. The number of amides is 1. The molecular formula is C18H25NO4. The van der Waals surface area contributed by atoms with Crippen LogP contribution in [0.2, 0.25) is 0 Å². The fourth-order valence-corrected chi connectivity index (χ4v) is 3.03. The van der Waals surface area contributed by atoms with Crippen LogP contribution in [0, 0.1) is 5.92 Å². The smallest absolute Gasteiger partial charge is 0.329 e. The largest absolute Gasteiger partial charge is 0.497 e. The van der Waals surface area contributed by atoms with Crippen molar-refractivity contribution in [1.29, 1.82) is 0 Å². The summed E-state index contributed by atoms with van der Waals surface area (Å²) in [6.07, 6.45) is 3.57. The molecule has 5 heteroatoms. The van der Waals surface area contributed by atoms with Crippen LogP contribution in [-0.4, -0.2) is 29.6 Å². The number of carboxylic acids is 1. The predicted octanol–water partition coefficient (Wildman–Crippen LogP) is 2.78. The Labute approximate surface area is 137 Å². The number of benzene rings is 1. The van der Waals surface area contributed by atoms with Gasteiger partial charge in [0.05, 0.1) is 7.11 Å². The lowest BCUT2D eigenvalue weighted by Gasteiger charge is -2.36. The van der Waals surface area contributed by atoms with E-state index < -0.39 is 11.5 Å². The van der Waals surface area contributed by atoms with Crippen molar-refractivity contribution in [2.24, 2.45) is 5.92 Å². The molecule has 1 aliphatic carbocycles. The Balaban J connectivity index is 1.90. The van der Waals surface area contributed by atoms with Gasteiger partial charge < -0.3 is 15.2 Å². The monoisotopic (exact) mass is 319 g/mol. The lowest BCUT2D eigenvalue weighted by atomic mass is 9.77. The second-order valence-corrected chi connectivity index (χ2v) is 6.47. The van der Waals surface area contributed by atoms with Gasteiger partial charge in [-0.25, -0.2) is 4.79 Å². The normalized spacial score (nSPS) is 24.0. The second-order valence-electron chi connectivity index (χ2n) is 6.47. The van der Waals surface area contributed by atoms with Crippen LogP contribution >= 0.6 is 0 Å². The molecule has 23 heavy (non-hydrogen) atoms. The van der Waals surface area contributed by atoms with Crippen molar-refractivity contribution in [3.63, 3.8) is 0 Å². The molecule has 5 nitrogen and oxygen atoms in total. The molecule has 0 radical (unpaired) electrons. The van der Waals surface area contributed by atoms with E-state index in [0.29, 0.717) is 25.2 Å². The van der Waals surface area contributed by atoms with Crippen molar-refractivity contribution in [1.82, 2.24) is 5.32 Å². The molecule has 1 aliphatic rings. The van der Waals surface area contributed by atoms with Crippen LogP contribution in [0.1, 0.15) is 44.6 Å². The average molecular weight is 319 g/mol. The third-order valence-electron chi connectivity index (χ3n) is 4.72. The van der Waals surface area contributed by atoms with E-state index in [1.54, 1.807) is 7.11 Å². The van der Waals surface area contributed by atoms with E-state index in [4.69, 9.17) is 4.74 Å². The van der Waals surface area contributed by atoms with Crippen LogP contribution in [0.3, 0.4) is 0 Å². The highest BCUT2D eigenvalue weighted by Gasteiger charge is 2.42. The van der Waals surface area contributed by atoms with Gasteiger partial charge in [0, 0.05) is 6.42 Å².